The van der Waals surface area contributed by atoms with Crippen molar-refractivity contribution in [2.24, 2.45) is 10.7 Å². The molecule has 1 saturated carbocycles. The van der Waals surface area contributed by atoms with Crippen molar-refractivity contribution in [1.29, 1.82) is 5.26 Å². The topological polar surface area (TPSA) is 119 Å². The van der Waals surface area contributed by atoms with Gasteiger partial charge in [0.1, 0.15) is 11.4 Å². The minimum atomic E-state index is -4.25. The molecule has 0 unspecified atom stereocenters. The smallest absolute Gasteiger partial charge is 0.383 e. The van der Waals surface area contributed by atoms with E-state index >= 15 is 0 Å². The van der Waals surface area contributed by atoms with Crippen LogP contribution in [0.5, 0.6) is 0 Å². The average Bonchev–Trinajstić information content (AvgIpc) is 2.75. The van der Waals surface area contributed by atoms with Gasteiger partial charge in [-0.25, -0.2) is 4.99 Å². The molecule has 1 heterocycles. The van der Waals surface area contributed by atoms with Crippen molar-refractivity contribution in [2.75, 3.05) is 11.9 Å². The number of nitrogens with two attached hydrogens (primary N) is 1. The lowest BCUT2D eigenvalue weighted by Crippen LogP contribution is -2.29. The third kappa shape index (κ3) is 8.98. The molecule has 1 aliphatic carbocycles. The monoisotopic (exact) mass is 462 g/mol. The van der Waals surface area contributed by atoms with Crippen LogP contribution >= 0.6 is 0 Å². The number of aromatic amines is 1. The highest BCUT2D eigenvalue weighted by atomic mass is 19.4. The second kappa shape index (κ2) is 12.6. The minimum Gasteiger partial charge on any atom is -0.383 e. The number of halogens is 3. The van der Waals surface area contributed by atoms with E-state index in [0.717, 1.165) is 25.7 Å². The Morgan fingerprint density at radius 3 is 2.45 bits per heavy atom. The van der Waals surface area contributed by atoms with Gasteiger partial charge in [0.05, 0.1) is 24.0 Å². The van der Waals surface area contributed by atoms with Gasteiger partial charge in [-0.2, -0.15) is 18.4 Å². The second-order valence-electron chi connectivity index (χ2n) is 7.68. The number of amidine groups is 1. The molecule has 33 heavy (non-hydrogen) atoms. The van der Waals surface area contributed by atoms with E-state index in [2.05, 4.69) is 20.6 Å². The Bertz CT molecular complexity index is 1000. The molecule has 0 radical (unpaired) electrons. The molecular weight excluding hydrogens is 433 g/mol. The zero-order valence-corrected chi connectivity index (χ0v) is 18.5. The quantitative estimate of drug-likeness (QED) is 0.361. The summed E-state index contributed by atoms with van der Waals surface area (Å²) in [5.41, 5.74) is 7.97. The number of H-pyrrole nitrogens is 1. The third-order valence-corrected chi connectivity index (χ3v) is 5.02. The molecule has 0 spiro atoms. The highest BCUT2D eigenvalue weighted by Gasteiger charge is 2.26. The van der Waals surface area contributed by atoms with Gasteiger partial charge < -0.3 is 21.4 Å². The number of anilines is 1. The summed E-state index contributed by atoms with van der Waals surface area (Å²) in [6.45, 7) is 0.472. The molecule has 178 valence electrons. The van der Waals surface area contributed by atoms with Gasteiger partial charge in [0, 0.05) is 25.7 Å². The van der Waals surface area contributed by atoms with E-state index in [-0.39, 0.29) is 17.9 Å². The number of nitrogens with zero attached hydrogens (tertiary/aromatic N) is 2. The number of nitriles is 1. The second-order valence-corrected chi connectivity index (χ2v) is 7.68. The zero-order chi connectivity index (χ0) is 24.3. The Kier molecular flexibility index (Phi) is 9.94. The number of aromatic nitrogens is 1. The molecule has 1 fully saturated rings. The SMILES string of the molecule is CC#N.NC(=Nc1ccc(CNCC(F)(F)F)cc1)c1c(NC2CCCCC2)cc[nH]c1=O. The van der Waals surface area contributed by atoms with Gasteiger partial charge in [-0.3, -0.25) is 4.79 Å². The fourth-order valence-corrected chi connectivity index (χ4v) is 3.55. The number of rotatable bonds is 7. The lowest BCUT2D eigenvalue weighted by molar-refractivity contribution is -0.125. The minimum absolute atomic E-state index is 0.0816. The molecule has 0 saturated heterocycles. The first-order chi connectivity index (χ1) is 15.7. The number of alkyl halides is 3. The van der Waals surface area contributed by atoms with E-state index in [1.165, 1.54) is 13.3 Å². The molecular formula is C23H29F3N6O. The lowest BCUT2D eigenvalue weighted by Gasteiger charge is -2.24. The van der Waals surface area contributed by atoms with Gasteiger partial charge in [0.15, 0.2) is 0 Å². The summed E-state index contributed by atoms with van der Waals surface area (Å²) >= 11 is 0. The van der Waals surface area contributed by atoms with Gasteiger partial charge in [-0.05, 0) is 36.6 Å². The van der Waals surface area contributed by atoms with Crippen molar-refractivity contribution in [3.8, 4) is 6.07 Å². The maximum atomic E-state index is 12.4. The Morgan fingerprint density at radius 2 is 1.85 bits per heavy atom. The average molecular weight is 463 g/mol. The van der Waals surface area contributed by atoms with Gasteiger partial charge in [-0.15, -0.1) is 0 Å². The van der Waals surface area contributed by atoms with E-state index in [1.807, 2.05) is 0 Å². The predicted octanol–water partition coefficient (Wildman–Crippen LogP) is 4.34. The highest BCUT2D eigenvalue weighted by Crippen LogP contribution is 2.23. The highest BCUT2D eigenvalue weighted by molar-refractivity contribution is 6.03. The van der Waals surface area contributed by atoms with Crippen molar-refractivity contribution in [2.45, 2.75) is 57.8 Å². The largest absolute Gasteiger partial charge is 0.401 e. The van der Waals surface area contributed by atoms with E-state index < -0.39 is 12.7 Å². The first-order valence-corrected chi connectivity index (χ1v) is 10.7. The number of pyridine rings is 1. The van der Waals surface area contributed by atoms with Crippen LogP contribution in [0.1, 0.15) is 50.2 Å². The van der Waals surface area contributed by atoms with E-state index in [1.54, 1.807) is 42.6 Å². The van der Waals surface area contributed by atoms with E-state index in [9.17, 15) is 18.0 Å². The molecule has 7 nitrogen and oxygen atoms in total. The van der Waals surface area contributed by atoms with Crippen LogP contribution in [-0.4, -0.2) is 29.6 Å². The van der Waals surface area contributed by atoms with Crippen molar-refractivity contribution >= 4 is 17.2 Å². The number of benzene rings is 1. The van der Waals surface area contributed by atoms with Crippen molar-refractivity contribution in [3.05, 3.63) is 58.0 Å². The first-order valence-electron chi connectivity index (χ1n) is 10.7. The van der Waals surface area contributed by atoms with Crippen LogP contribution in [0.4, 0.5) is 24.5 Å². The van der Waals surface area contributed by atoms with E-state index in [4.69, 9.17) is 11.0 Å². The Balaban J connectivity index is 0.00000122. The van der Waals surface area contributed by atoms with Gasteiger partial charge in [-0.1, -0.05) is 31.4 Å². The molecule has 1 aromatic carbocycles. The summed E-state index contributed by atoms with van der Waals surface area (Å²) in [6.07, 6.45) is 2.97. The molecule has 0 bridgehead atoms. The fraction of sp³-hybridized carbons (Fsp3) is 0.435. The van der Waals surface area contributed by atoms with Gasteiger partial charge in [0.25, 0.3) is 5.56 Å². The molecule has 3 rings (SSSR count). The molecule has 0 atom stereocenters. The summed E-state index contributed by atoms with van der Waals surface area (Å²) in [4.78, 5) is 19.4. The maximum absolute atomic E-state index is 12.4. The molecule has 5 N–H and O–H groups in total. The molecule has 2 aromatic rings. The zero-order valence-electron chi connectivity index (χ0n) is 18.5. The van der Waals surface area contributed by atoms with E-state index in [0.29, 0.717) is 28.5 Å². The van der Waals surface area contributed by atoms with Crippen LogP contribution in [0.25, 0.3) is 0 Å². The van der Waals surface area contributed by atoms with Gasteiger partial charge in [0.2, 0.25) is 0 Å². The Hall–Kier alpha value is -3.32. The van der Waals surface area contributed by atoms with Crippen LogP contribution < -0.4 is 21.9 Å². The van der Waals surface area contributed by atoms with Crippen LogP contribution in [0.15, 0.2) is 46.3 Å². The predicted molar refractivity (Wildman–Crippen MR) is 123 cm³/mol. The fourth-order valence-electron chi connectivity index (χ4n) is 3.55. The van der Waals surface area contributed by atoms with Crippen LogP contribution in [0.3, 0.4) is 0 Å². The Morgan fingerprint density at radius 1 is 1.21 bits per heavy atom. The van der Waals surface area contributed by atoms with Crippen LogP contribution in [0, 0.1) is 11.3 Å². The first kappa shape index (κ1) is 25.9. The number of aliphatic imine (C=N–C) groups is 1. The number of hydrogen-bond acceptors (Lipinski definition) is 5. The van der Waals surface area contributed by atoms with Crippen molar-refractivity contribution in [3.63, 3.8) is 0 Å². The standard InChI is InChI=1S/C21H26F3N5O.C2H3N/c22-21(23,24)13-26-12-14-6-8-16(9-7-14)29-19(25)18-17(10-11-27-20(18)30)28-15-4-2-1-3-5-15;1-2-3/h6-11,15,26H,1-5,12-13H2,(H2,25,29)(H2,27,28,30);1H3. The lowest BCUT2D eigenvalue weighted by atomic mass is 9.95. The summed E-state index contributed by atoms with van der Waals surface area (Å²) in [5.74, 6) is 0.0816. The summed E-state index contributed by atoms with van der Waals surface area (Å²) in [5, 5.41) is 13.1. The van der Waals surface area contributed by atoms with Crippen LogP contribution in [-0.2, 0) is 6.54 Å². The molecule has 0 aliphatic heterocycles. The molecule has 10 heteroatoms. The van der Waals surface area contributed by atoms with Crippen LogP contribution in [0.2, 0.25) is 0 Å². The number of hydrogen-bond donors (Lipinski definition) is 4. The summed E-state index contributed by atoms with van der Waals surface area (Å²) < 4.78 is 36.6. The summed E-state index contributed by atoms with van der Waals surface area (Å²) in [7, 11) is 0. The molecule has 1 aliphatic rings. The van der Waals surface area contributed by atoms with Crippen molar-refractivity contribution < 1.29 is 13.2 Å². The molecule has 0 amide bonds. The number of nitrogens with one attached hydrogen (secondary N) is 3. The third-order valence-electron chi connectivity index (χ3n) is 5.02. The summed E-state index contributed by atoms with van der Waals surface area (Å²) in [6, 6.07) is 10.5. The Labute approximate surface area is 190 Å². The van der Waals surface area contributed by atoms with Gasteiger partial charge >= 0.3 is 6.18 Å². The maximum Gasteiger partial charge on any atom is 0.401 e. The van der Waals surface area contributed by atoms with Crippen molar-refractivity contribution in [1.82, 2.24) is 10.3 Å². The normalized spacial score (nSPS) is 14.7. The molecule has 1 aromatic heterocycles.